The Morgan fingerprint density at radius 3 is 2.64 bits per heavy atom. The molecule has 0 aliphatic carbocycles. The van der Waals surface area contributed by atoms with E-state index in [0.29, 0.717) is 5.00 Å². The van der Waals surface area contributed by atoms with Gasteiger partial charge in [-0.3, -0.25) is 0 Å². The minimum Gasteiger partial charge on any atom is -0.211 e. The van der Waals surface area contributed by atoms with E-state index in [1.165, 1.54) is 17.4 Å². The fourth-order valence-corrected chi connectivity index (χ4v) is 1.95. The predicted molar refractivity (Wildman–Crippen MR) is 57.5 cm³/mol. The number of hydrogen-bond donors (Lipinski definition) is 0. The van der Waals surface area contributed by atoms with Crippen LogP contribution in [0.2, 0.25) is 0 Å². The van der Waals surface area contributed by atoms with E-state index >= 15 is 0 Å². The summed E-state index contributed by atoms with van der Waals surface area (Å²) in [4.78, 5) is 13.6. The first-order valence-corrected chi connectivity index (χ1v) is 5.00. The summed E-state index contributed by atoms with van der Waals surface area (Å²) in [7, 11) is 0. The lowest BCUT2D eigenvalue weighted by atomic mass is 10.1. The van der Waals surface area contributed by atoms with E-state index in [0.717, 1.165) is 11.1 Å². The topological polar surface area (TPSA) is 29.4 Å². The fraction of sp³-hybridized carbons (Fsp3) is 0. The molecule has 0 amide bonds. The van der Waals surface area contributed by atoms with Gasteiger partial charge in [-0.05, 0) is 17.2 Å². The highest BCUT2D eigenvalue weighted by Gasteiger charge is 2.00. The second-order valence-corrected chi connectivity index (χ2v) is 3.63. The van der Waals surface area contributed by atoms with Crippen molar-refractivity contribution in [1.29, 1.82) is 0 Å². The van der Waals surface area contributed by atoms with Crippen LogP contribution in [0, 0.1) is 0 Å². The van der Waals surface area contributed by atoms with E-state index in [-0.39, 0.29) is 0 Å². The Balaban J connectivity index is 2.39. The van der Waals surface area contributed by atoms with E-state index in [2.05, 4.69) is 4.99 Å². The maximum absolute atomic E-state index is 10.0. The quantitative estimate of drug-likeness (QED) is 0.541. The van der Waals surface area contributed by atoms with Crippen molar-refractivity contribution in [1.82, 2.24) is 0 Å². The molecular weight excluding hydrogens is 194 g/mol. The zero-order valence-corrected chi connectivity index (χ0v) is 8.12. The molecule has 0 aliphatic rings. The third kappa shape index (κ3) is 1.79. The predicted octanol–water partition coefficient (Wildman–Crippen LogP) is 3.38. The third-order valence-electron chi connectivity index (χ3n) is 1.85. The van der Waals surface area contributed by atoms with E-state index in [1.54, 1.807) is 0 Å². The molecule has 0 unspecified atom stereocenters. The maximum atomic E-state index is 10.0. The van der Waals surface area contributed by atoms with Crippen molar-refractivity contribution in [2.45, 2.75) is 0 Å². The summed E-state index contributed by atoms with van der Waals surface area (Å²) in [6.07, 6.45) is 1.53. The number of thiophene rings is 1. The van der Waals surface area contributed by atoms with Gasteiger partial charge in [0.05, 0.1) is 0 Å². The van der Waals surface area contributed by atoms with Gasteiger partial charge < -0.3 is 0 Å². The molecule has 68 valence electrons. The standard InChI is InChI=1S/C11H7NOS/c13-8-12-11-6-10(7-14-11)9-4-2-1-3-5-9/h1-7H. The van der Waals surface area contributed by atoms with Gasteiger partial charge in [0.15, 0.2) is 0 Å². The molecule has 0 spiro atoms. The zero-order chi connectivity index (χ0) is 9.80. The summed E-state index contributed by atoms with van der Waals surface area (Å²) in [6.45, 7) is 0. The van der Waals surface area contributed by atoms with Gasteiger partial charge in [0.1, 0.15) is 5.00 Å². The number of benzene rings is 1. The van der Waals surface area contributed by atoms with Gasteiger partial charge in [0.25, 0.3) is 0 Å². The summed E-state index contributed by atoms with van der Waals surface area (Å²) in [5.74, 6) is 0. The first-order chi connectivity index (χ1) is 6.90. The third-order valence-corrected chi connectivity index (χ3v) is 2.67. The highest BCUT2D eigenvalue weighted by molar-refractivity contribution is 7.14. The summed E-state index contributed by atoms with van der Waals surface area (Å²) in [5.41, 5.74) is 2.22. The van der Waals surface area contributed by atoms with Gasteiger partial charge in [-0.25, -0.2) is 4.79 Å². The summed E-state index contributed by atoms with van der Waals surface area (Å²) in [6, 6.07) is 11.9. The van der Waals surface area contributed by atoms with Crippen molar-refractivity contribution in [3.63, 3.8) is 0 Å². The molecule has 14 heavy (non-hydrogen) atoms. The van der Waals surface area contributed by atoms with Crippen LogP contribution in [0.1, 0.15) is 0 Å². The van der Waals surface area contributed by atoms with Crippen LogP contribution in [0.4, 0.5) is 5.00 Å². The Morgan fingerprint density at radius 2 is 1.93 bits per heavy atom. The molecule has 1 aromatic heterocycles. The molecule has 2 aromatic rings. The van der Waals surface area contributed by atoms with Gasteiger partial charge in [-0.2, -0.15) is 4.99 Å². The number of hydrogen-bond acceptors (Lipinski definition) is 3. The van der Waals surface area contributed by atoms with Crippen molar-refractivity contribution < 1.29 is 4.79 Å². The van der Waals surface area contributed by atoms with E-state index in [4.69, 9.17) is 0 Å². The molecule has 1 heterocycles. The molecule has 0 aliphatic heterocycles. The average Bonchev–Trinajstić information content (AvgIpc) is 2.68. The fourth-order valence-electron chi connectivity index (χ4n) is 1.21. The summed E-state index contributed by atoms with van der Waals surface area (Å²) >= 11 is 1.44. The Hall–Kier alpha value is -1.70. The molecule has 2 rings (SSSR count). The first-order valence-electron chi connectivity index (χ1n) is 4.12. The zero-order valence-electron chi connectivity index (χ0n) is 7.31. The number of isocyanates is 1. The SMILES string of the molecule is O=C=Nc1cc(-c2ccccc2)cs1. The lowest BCUT2D eigenvalue weighted by Gasteiger charge is -1.93. The lowest BCUT2D eigenvalue weighted by Crippen LogP contribution is -1.69. The largest absolute Gasteiger partial charge is 0.241 e. The summed E-state index contributed by atoms with van der Waals surface area (Å²) in [5, 5.41) is 2.67. The molecule has 3 heteroatoms. The van der Waals surface area contributed by atoms with Gasteiger partial charge in [0.2, 0.25) is 6.08 Å². The minimum absolute atomic E-state index is 0.693. The van der Waals surface area contributed by atoms with Crippen LogP contribution in [0.25, 0.3) is 11.1 Å². The van der Waals surface area contributed by atoms with Crippen molar-refractivity contribution in [2.75, 3.05) is 0 Å². The smallest absolute Gasteiger partial charge is 0.211 e. The van der Waals surface area contributed by atoms with E-state index in [1.807, 2.05) is 41.8 Å². The molecule has 1 aromatic carbocycles. The monoisotopic (exact) mass is 201 g/mol. The van der Waals surface area contributed by atoms with Crippen molar-refractivity contribution in [3.8, 4) is 11.1 Å². The van der Waals surface area contributed by atoms with Crippen molar-refractivity contribution in [3.05, 3.63) is 41.8 Å². The number of carbonyl (C=O) groups excluding carboxylic acids is 1. The van der Waals surface area contributed by atoms with Crippen LogP contribution >= 0.6 is 11.3 Å². The van der Waals surface area contributed by atoms with Crippen LogP contribution in [0.5, 0.6) is 0 Å². The average molecular weight is 201 g/mol. The normalized spacial score (nSPS) is 9.43. The van der Waals surface area contributed by atoms with Crippen molar-refractivity contribution >= 4 is 22.4 Å². The van der Waals surface area contributed by atoms with Crippen LogP contribution < -0.4 is 0 Å². The molecule has 0 radical (unpaired) electrons. The van der Waals surface area contributed by atoms with Crippen LogP contribution in [0.3, 0.4) is 0 Å². The molecule has 0 fully saturated rings. The van der Waals surface area contributed by atoms with E-state index in [9.17, 15) is 4.79 Å². The lowest BCUT2D eigenvalue weighted by molar-refractivity contribution is 0.565. The molecule has 0 atom stereocenters. The molecule has 0 N–H and O–H groups in total. The van der Waals surface area contributed by atoms with E-state index < -0.39 is 0 Å². The Bertz CT molecular complexity index is 469. The maximum Gasteiger partial charge on any atom is 0.241 e. The van der Waals surface area contributed by atoms with Gasteiger partial charge in [-0.1, -0.05) is 30.3 Å². The van der Waals surface area contributed by atoms with Gasteiger partial charge in [-0.15, -0.1) is 11.3 Å². The number of nitrogens with zero attached hydrogens (tertiary/aromatic N) is 1. The Kier molecular flexibility index (Phi) is 2.54. The number of aliphatic imine (C=N–C) groups is 1. The highest BCUT2D eigenvalue weighted by atomic mass is 32.1. The second kappa shape index (κ2) is 4.01. The Labute approximate surface area is 85.6 Å². The molecule has 0 saturated heterocycles. The van der Waals surface area contributed by atoms with Gasteiger partial charge in [0, 0.05) is 5.38 Å². The minimum atomic E-state index is 0.693. The van der Waals surface area contributed by atoms with Crippen LogP contribution in [-0.2, 0) is 4.79 Å². The molecule has 0 saturated carbocycles. The molecule has 0 bridgehead atoms. The first kappa shape index (κ1) is 8.88. The summed E-state index contributed by atoms with van der Waals surface area (Å²) < 4.78 is 0. The Morgan fingerprint density at radius 1 is 1.14 bits per heavy atom. The van der Waals surface area contributed by atoms with Crippen LogP contribution in [-0.4, -0.2) is 6.08 Å². The molecular formula is C11H7NOS. The van der Waals surface area contributed by atoms with Crippen LogP contribution in [0.15, 0.2) is 46.8 Å². The number of rotatable bonds is 2. The second-order valence-electron chi connectivity index (χ2n) is 2.74. The van der Waals surface area contributed by atoms with Crippen molar-refractivity contribution in [2.24, 2.45) is 4.99 Å². The highest BCUT2D eigenvalue weighted by Crippen LogP contribution is 2.30. The van der Waals surface area contributed by atoms with Gasteiger partial charge >= 0.3 is 0 Å². The molecule has 2 nitrogen and oxygen atoms in total.